The van der Waals surface area contributed by atoms with Gasteiger partial charge in [0.05, 0.1) is 11.7 Å². The van der Waals surface area contributed by atoms with Crippen molar-refractivity contribution in [3.05, 3.63) is 50.3 Å². The van der Waals surface area contributed by atoms with Crippen LogP contribution in [-0.4, -0.2) is 9.55 Å². The molecule has 0 aliphatic carbocycles. The fourth-order valence-corrected chi connectivity index (χ4v) is 4.09. The van der Waals surface area contributed by atoms with Crippen LogP contribution in [0.3, 0.4) is 0 Å². The lowest BCUT2D eigenvalue weighted by atomic mass is 10.0. The van der Waals surface area contributed by atoms with Gasteiger partial charge in [0.1, 0.15) is 4.83 Å². The summed E-state index contributed by atoms with van der Waals surface area (Å²) in [5.74, 6) is 0. The molecule has 2 aromatic heterocycles. The van der Waals surface area contributed by atoms with Gasteiger partial charge in [-0.2, -0.15) is 0 Å². The molecule has 23 heavy (non-hydrogen) atoms. The zero-order valence-electron chi connectivity index (χ0n) is 13.3. The standard InChI is InChI=1S/C18H19BrN2OS/c1-3-5-10-21-11-20-17-16(18(21)22)15(14(4-2)23-17)12-6-8-13(19)9-7-12/h6-9,11H,3-5,10H2,1-2H3. The minimum atomic E-state index is 0.0809. The fourth-order valence-electron chi connectivity index (χ4n) is 2.73. The van der Waals surface area contributed by atoms with E-state index in [9.17, 15) is 4.79 Å². The molecular weight excluding hydrogens is 372 g/mol. The molecule has 0 N–H and O–H groups in total. The minimum absolute atomic E-state index is 0.0809. The number of benzene rings is 1. The fraction of sp³-hybridized carbons (Fsp3) is 0.333. The van der Waals surface area contributed by atoms with Crippen LogP contribution in [0.4, 0.5) is 0 Å². The van der Waals surface area contributed by atoms with Crippen molar-refractivity contribution in [2.24, 2.45) is 0 Å². The Kier molecular flexibility index (Phi) is 4.97. The van der Waals surface area contributed by atoms with Crippen molar-refractivity contribution in [3.8, 4) is 11.1 Å². The molecule has 5 heteroatoms. The predicted octanol–water partition coefficient (Wildman–Crippen LogP) is 5.25. The summed E-state index contributed by atoms with van der Waals surface area (Å²) in [6.07, 6.45) is 4.65. The van der Waals surface area contributed by atoms with Gasteiger partial charge in [0.2, 0.25) is 0 Å². The van der Waals surface area contributed by atoms with Crippen molar-refractivity contribution in [2.75, 3.05) is 0 Å². The lowest BCUT2D eigenvalue weighted by molar-refractivity contribution is 0.609. The molecule has 0 unspecified atom stereocenters. The average molecular weight is 391 g/mol. The zero-order valence-corrected chi connectivity index (χ0v) is 15.7. The van der Waals surface area contributed by atoms with Crippen LogP contribution in [-0.2, 0) is 13.0 Å². The van der Waals surface area contributed by atoms with Gasteiger partial charge in [-0.1, -0.05) is 48.3 Å². The number of aryl methyl sites for hydroxylation is 2. The van der Waals surface area contributed by atoms with Gasteiger partial charge < -0.3 is 0 Å². The Morgan fingerprint density at radius 3 is 2.61 bits per heavy atom. The summed E-state index contributed by atoms with van der Waals surface area (Å²) in [5.41, 5.74) is 2.23. The number of hydrogen-bond acceptors (Lipinski definition) is 3. The first-order valence-corrected chi connectivity index (χ1v) is 9.53. The molecule has 0 fully saturated rings. The van der Waals surface area contributed by atoms with Crippen LogP contribution in [0.25, 0.3) is 21.3 Å². The molecule has 0 bridgehead atoms. The summed E-state index contributed by atoms with van der Waals surface area (Å²) in [6.45, 7) is 4.99. The van der Waals surface area contributed by atoms with Gasteiger partial charge in [0.25, 0.3) is 5.56 Å². The molecule has 1 aromatic carbocycles. The monoisotopic (exact) mass is 390 g/mol. The Labute approximate surface area is 148 Å². The number of nitrogens with zero attached hydrogens (tertiary/aromatic N) is 2. The van der Waals surface area contributed by atoms with Gasteiger partial charge in [-0.15, -0.1) is 11.3 Å². The first kappa shape index (κ1) is 16.4. The highest BCUT2D eigenvalue weighted by Crippen LogP contribution is 2.36. The maximum absolute atomic E-state index is 12.9. The third-order valence-electron chi connectivity index (χ3n) is 3.96. The second-order valence-corrected chi connectivity index (χ2v) is 7.54. The highest BCUT2D eigenvalue weighted by Gasteiger charge is 2.18. The summed E-state index contributed by atoms with van der Waals surface area (Å²) in [5, 5.41) is 0.771. The van der Waals surface area contributed by atoms with Crippen LogP contribution in [0.1, 0.15) is 31.6 Å². The summed E-state index contributed by atoms with van der Waals surface area (Å²) in [4.78, 5) is 19.6. The second kappa shape index (κ2) is 6.97. The molecule has 0 spiro atoms. The SMILES string of the molecule is CCCCn1cnc2sc(CC)c(-c3ccc(Br)cc3)c2c1=O. The Morgan fingerprint density at radius 1 is 1.22 bits per heavy atom. The van der Waals surface area contributed by atoms with E-state index >= 15 is 0 Å². The quantitative estimate of drug-likeness (QED) is 0.595. The Morgan fingerprint density at radius 2 is 1.96 bits per heavy atom. The number of hydrogen-bond donors (Lipinski definition) is 0. The van der Waals surface area contributed by atoms with E-state index in [-0.39, 0.29) is 5.56 Å². The topological polar surface area (TPSA) is 34.9 Å². The minimum Gasteiger partial charge on any atom is -0.299 e. The largest absolute Gasteiger partial charge is 0.299 e. The Bertz CT molecular complexity index is 880. The van der Waals surface area contributed by atoms with Gasteiger partial charge in [-0.05, 0) is 30.5 Å². The van der Waals surface area contributed by atoms with E-state index in [0.29, 0.717) is 0 Å². The molecule has 0 amide bonds. The molecule has 3 rings (SSSR count). The number of aromatic nitrogens is 2. The van der Waals surface area contributed by atoms with Gasteiger partial charge in [-0.25, -0.2) is 4.98 Å². The third kappa shape index (κ3) is 3.12. The molecule has 0 aliphatic rings. The molecule has 0 saturated heterocycles. The smallest absolute Gasteiger partial charge is 0.262 e. The van der Waals surface area contributed by atoms with Crippen LogP contribution in [0.5, 0.6) is 0 Å². The first-order chi connectivity index (χ1) is 11.2. The molecule has 2 heterocycles. The predicted molar refractivity (Wildman–Crippen MR) is 101 cm³/mol. The van der Waals surface area contributed by atoms with Crippen LogP contribution >= 0.6 is 27.3 Å². The van der Waals surface area contributed by atoms with E-state index < -0.39 is 0 Å². The molecule has 3 aromatic rings. The Hall–Kier alpha value is -1.46. The molecule has 0 aliphatic heterocycles. The van der Waals surface area contributed by atoms with E-state index in [4.69, 9.17) is 0 Å². The summed E-state index contributed by atoms with van der Waals surface area (Å²) < 4.78 is 2.79. The summed E-state index contributed by atoms with van der Waals surface area (Å²) >= 11 is 5.11. The van der Waals surface area contributed by atoms with Gasteiger partial charge in [0.15, 0.2) is 0 Å². The normalized spacial score (nSPS) is 11.3. The van der Waals surface area contributed by atoms with Crippen LogP contribution in [0.2, 0.25) is 0 Å². The van der Waals surface area contributed by atoms with Crippen molar-refractivity contribution in [3.63, 3.8) is 0 Å². The molecule has 3 nitrogen and oxygen atoms in total. The zero-order chi connectivity index (χ0) is 16.4. The van der Waals surface area contributed by atoms with E-state index in [2.05, 4.69) is 46.9 Å². The molecule has 0 radical (unpaired) electrons. The van der Waals surface area contributed by atoms with Crippen LogP contribution in [0, 0.1) is 0 Å². The maximum Gasteiger partial charge on any atom is 0.262 e. The van der Waals surface area contributed by atoms with Crippen molar-refractivity contribution in [2.45, 2.75) is 39.7 Å². The van der Waals surface area contributed by atoms with E-state index in [1.165, 1.54) is 4.88 Å². The van der Waals surface area contributed by atoms with Crippen LogP contribution < -0.4 is 5.56 Å². The van der Waals surface area contributed by atoms with Gasteiger partial charge in [0, 0.05) is 21.5 Å². The number of halogens is 1. The summed E-state index contributed by atoms with van der Waals surface area (Å²) in [6, 6.07) is 8.16. The van der Waals surface area contributed by atoms with Crippen molar-refractivity contribution >= 4 is 37.5 Å². The van der Waals surface area contributed by atoms with Crippen LogP contribution in [0.15, 0.2) is 39.9 Å². The van der Waals surface area contributed by atoms with Crippen molar-refractivity contribution in [1.29, 1.82) is 0 Å². The Balaban J connectivity index is 2.25. The molecule has 0 saturated carbocycles. The van der Waals surface area contributed by atoms with E-state index in [1.807, 2.05) is 12.1 Å². The van der Waals surface area contributed by atoms with E-state index in [1.54, 1.807) is 22.2 Å². The molecule has 120 valence electrons. The average Bonchev–Trinajstić information content (AvgIpc) is 2.94. The first-order valence-electron chi connectivity index (χ1n) is 7.92. The van der Waals surface area contributed by atoms with Gasteiger partial charge in [-0.3, -0.25) is 9.36 Å². The molecule has 0 atom stereocenters. The summed E-state index contributed by atoms with van der Waals surface area (Å²) in [7, 11) is 0. The van der Waals surface area contributed by atoms with Crippen molar-refractivity contribution in [1.82, 2.24) is 9.55 Å². The third-order valence-corrected chi connectivity index (χ3v) is 5.73. The lowest BCUT2D eigenvalue weighted by Crippen LogP contribution is -2.20. The van der Waals surface area contributed by atoms with Crippen molar-refractivity contribution < 1.29 is 0 Å². The number of thiophene rings is 1. The molecular formula is C18H19BrN2OS. The second-order valence-electron chi connectivity index (χ2n) is 5.54. The van der Waals surface area contributed by atoms with Gasteiger partial charge >= 0.3 is 0 Å². The highest BCUT2D eigenvalue weighted by atomic mass is 79.9. The number of unbranched alkanes of at least 4 members (excludes halogenated alkanes) is 1. The lowest BCUT2D eigenvalue weighted by Gasteiger charge is -2.06. The van der Waals surface area contributed by atoms with E-state index in [0.717, 1.165) is 51.6 Å². The number of fused-ring (bicyclic) bond motifs is 1. The number of rotatable bonds is 5. The maximum atomic E-state index is 12.9. The highest BCUT2D eigenvalue weighted by molar-refractivity contribution is 9.10.